The number of morpholine rings is 1. The Hall–Kier alpha value is -2.25. The predicted octanol–water partition coefficient (Wildman–Crippen LogP) is 0.583. The van der Waals surface area contributed by atoms with E-state index in [-0.39, 0.29) is 18.1 Å². The SMILES string of the molecule is C[C@H]1OCCN[C@@H]1C(=O)Nc1ccc(-n2cccn2)nc1. The number of carbonyl (C=O) groups is 1. The summed E-state index contributed by atoms with van der Waals surface area (Å²) in [7, 11) is 0. The van der Waals surface area contributed by atoms with Crippen LogP contribution in [0.25, 0.3) is 5.82 Å². The van der Waals surface area contributed by atoms with Gasteiger partial charge in [-0.1, -0.05) is 0 Å². The third kappa shape index (κ3) is 3.09. The summed E-state index contributed by atoms with van der Waals surface area (Å²) in [6.45, 7) is 3.19. The molecule has 0 bridgehead atoms. The van der Waals surface area contributed by atoms with Crippen molar-refractivity contribution >= 4 is 11.6 Å². The Bertz CT molecular complexity index is 596. The number of aromatic nitrogens is 3. The zero-order valence-electron chi connectivity index (χ0n) is 11.7. The van der Waals surface area contributed by atoms with Crippen molar-refractivity contribution in [1.82, 2.24) is 20.1 Å². The van der Waals surface area contributed by atoms with Crippen LogP contribution in [0.1, 0.15) is 6.92 Å². The number of rotatable bonds is 3. The van der Waals surface area contributed by atoms with Gasteiger partial charge in [0.2, 0.25) is 5.91 Å². The van der Waals surface area contributed by atoms with E-state index < -0.39 is 0 Å². The van der Waals surface area contributed by atoms with Gasteiger partial charge in [0.1, 0.15) is 6.04 Å². The molecule has 0 unspecified atom stereocenters. The van der Waals surface area contributed by atoms with Gasteiger partial charge in [0.15, 0.2) is 5.82 Å². The summed E-state index contributed by atoms with van der Waals surface area (Å²) in [4.78, 5) is 16.5. The fourth-order valence-electron chi connectivity index (χ4n) is 2.25. The molecule has 0 radical (unpaired) electrons. The predicted molar refractivity (Wildman–Crippen MR) is 77.2 cm³/mol. The standard InChI is InChI=1S/C14H17N5O2/c1-10-13(15-6-8-21-10)14(20)18-11-3-4-12(16-9-11)19-7-2-5-17-19/h2-5,7,9-10,13,15H,6,8H2,1H3,(H,18,20)/t10-,13+/m1/s1. The highest BCUT2D eigenvalue weighted by molar-refractivity contribution is 5.95. The van der Waals surface area contributed by atoms with E-state index in [2.05, 4.69) is 20.7 Å². The number of pyridine rings is 1. The molecule has 1 fully saturated rings. The molecule has 0 aliphatic carbocycles. The average molecular weight is 287 g/mol. The molecule has 2 atom stereocenters. The third-order valence-electron chi connectivity index (χ3n) is 3.35. The zero-order valence-corrected chi connectivity index (χ0v) is 11.7. The van der Waals surface area contributed by atoms with E-state index in [4.69, 9.17) is 4.74 Å². The van der Waals surface area contributed by atoms with Crippen LogP contribution in [-0.2, 0) is 9.53 Å². The lowest BCUT2D eigenvalue weighted by molar-refractivity contribution is -0.123. The quantitative estimate of drug-likeness (QED) is 0.863. The van der Waals surface area contributed by atoms with Crippen molar-refractivity contribution in [2.75, 3.05) is 18.5 Å². The van der Waals surface area contributed by atoms with Crippen molar-refractivity contribution in [1.29, 1.82) is 0 Å². The van der Waals surface area contributed by atoms with Crippen LogP contribution in [0.3, 0.4) is 0 Å². The summed E-state index contributed by atoms with van der Waals surface area (Å²) in [5.74, 6) is 0.585. The molecule has 1 aliphatic heterocycles. The number of carbonyl (C=O) groups excluding carboxylic acids is 1. The summed E-state index contributed by atoms with van der Waals surface area (Å²) in [5, 5.41) is 10.1. The number of nitrogens with one attached hydrogen (secondary N) is 2. The molecule has 0 spiro atoms. The molecule has 3 rings (SSSR count). The molecule has 110 valence electrons. The normalized spacial score (nSPS) is 22.0. The van der Waals surface area contributed by atoms with Crippen LogP contribution in [0.5, 0.6) is 0 Å². The van der Waals surface area contributed by atoms with Crippen LogP contribution in [0.4, 0.5) is 5.69 Å². The molecular formula is C14H17N5O2. The maximum Gasteiger partial charge on any atom is 0.244 e. The van der Waals surface area contributed by atoms with Gasteiger partial charge in [0.25, 0.3) is 0 Å². The number of hydrogen-bond donors (Lipinski definition) is 2. The second-order valence-electron chi connectivity index (χ2n) is 4.85. The number of anilines is 1. The van der Waals surface area contributed by atoms with Crippen molar-refractivity contribution < 1.29 is 9.53 Å². The van der Waals surface area contributed by atoms with Gasteiger partial charge in [-0.05, 0) is 25.1 Å². The monoisotopic (exact) mass is 287 g/mol. The summed E-state index contributed by atoms with van der Waals surface area (Å²) >= 11 is 0. The molecule has 1 aliphatic rings. The minimum Gasteiger partial charge on any atom is -0.375 e. The molecule has 7 nitrogen and oxygen atoms in total. The molecule has 0 saturated carbocycles. The minimum atomic E-state index is -0.343. The van der Waals surface area contributed by atoms with E-state index in [0.29, 0.717) is 24.7 Å². The Morgan fingerprint density at radius 2 is 2.43 bits per heavy atom. The molecule has 2 aromatic heterocycles. The van der Waals surface area contributed by atoms with Gasteiger partial charge in [-0.2, -0.15) is 5.10 Å². The molecule has 1 saturated heterocycles. The topological polar surface area (TPSA) is 81.1 Å². The molecule has 21 heavy (non-hydrogen) atoms. The van der Waals surface area contributed by atoms with Crippen LogP contribution >= 0.6 is 0 Å². The highest BCUT2D eigenvalue weighted by atomic mass is 16.5. The van der Waals surface area contributed by atoms with Gasteiger partial charge >= 0.3 is 0 Å². The number of nitrogens with zero attached hydrogens (tertiary/aromatic N) is 3. The largest absolute Gasteiger partial charge is 0.375 e. The Morgan fingerprint density at radius 1 is 1.52 bits per heavy atom. The Labute approximate surface area is 122 Å². The highest BCUT2D eigenvalue weighted by Crippen LogP contribution is 2.11. The van der Waals surface area contributed by atoms with Crippen LogP contribution in [0.15, 0.2) is 36.8 Å². The Balaban J connectivity index is 1.66. The number of hydrogen-bond acceptors (Lipinski definition) is 5. The smallest absolute Gasteiger partial charge is 0.244 e. The third-order valence-corrected chi connectivity index (χ3v) is 3.35. The first-order chi connectivity index (χ1) is 10.2. The molecule has 2 N–H and O–H groups in total. The molecule has 3 heterocycles. The van der Waals surface area contributed by atoms with Crippen molar-refractivity contribution in [2.45, 2.75) is 19.1 Å². The summed E-state index contributed by atoms with van der Waals surface area (Å²) in [6.07, 6.45) is 4.97. The molecule has 1 amide bonds. The minimum absolute atomic E-state index is 0.115. The first-order valence-electron chi connectivity index (χ1n) is 6.86. The fraction of sp³-hybridized carbons (Fsp3) is 0.357. The summed E-state index contributed by atoms with van der Waals surface area (Å²) in [6, 6.07) is 5.09. The van der Waals surface area contributed by atoms with Crippen molar-refractivity contribution in [3.8, 4) is 5.82 Å². The van der Waals surface area contributed by atoms with Crippen LogP contribution in [0, 0.1) is 0 Å². The number of ether oxygens (including phenoxy) is 1. The van der Waals surface area contributed by atoms with E-state index in [1.165, 1.54) is 0 Å². The lowest BCUT2D eigenvalue weighted by Crippen LogP contribution is -2.53. The van der Waals surface area contributed by atoms with Gasteiger partial charge in [0.05, 0.1) is 24.6 Å². The van der Waals surface area contributed by atoms with Crippen LogP contribution < -0.4 is 10.6 Å². The second-order valence-corrected chi connectivity index (χ2v) is 4.85. The van der Waals surface area contributed by atoms with Crippen LogP contribution in [0.2, 0.25) is 0 Å². The van der Waals surface area contributed by atoms with E-state index in [9.17, 15) is 4.79 Å². The maximum atomic E-state index is 12.2. The fourth-order valence-corrected chi connectivity index (χ4v) is 2.25. The van der Waals surface area contributed by atoms with E-state index >= 15 is 0 Å². The van der Waals surface area contributed by atoms with Gasteiger partial charge in [0, 0.05) is 18.9 Å². The highest BCUT2D eigenvalue weighted by Gasteiger charge is 2.28. The molecule has 0 aromatic carbocycles. The second kappa shape index (κ2) is 6.02. The van der Waals surface area contributed by atoms with E-state index in [1.54, 1.807) is 29.2 Å². The van der Waals surface area contributed by atoms with Crippen LogP contribution in [-0.4, -0.2) is 46.0 Å². The van der Waals surface area contributed by atoms with Gasteiger partial charge in [-0.3, -0.25) is 4.79 Å². The van der Waals surface area contributed by atoms with Gasteiger partial charge in [-0.15, -0.1) is 0 Å². The van der Waals surface area contributed by atoms with Crippen molar-refractivity contribution in [3.05, 3.63) is 36.8 Å². The molecule has 2 aromatic rings. The first kappa shape index (κ1) is 13.7. The molecular weight excluding hydrogens is 270 g/mol. The van der Waals surface area contributed by atoms with Gasteiger partial charge < -0.3 is 15.4 Å². The Kier molecular flexibility index (Phi) is 3.94. The van der Waals surface area contributed by atoms with Crippen molar-refractivity contribution in [3.63, 3.8) is 0 Å². The molecule has 7 heteroatoms. The van der Waals surface area contributed by atoms with E-state index in [1.807, 2.05) is 19.2 Å². The summed E-state index contributed by atoms with van der Waals surface area (Å²) < 4.78 is 7.12. The Morgan fingerprint density at radius 3 is 3.10 bits per heavy atom. The summed E-state index contributed by atoms with van der Waals surface area (Å²) in [5.41, 5.74) is 0.649. The lowest BCUT2D eigenvalue weighted by atomic mass is 10.1. The van der Waals surface area contributed by atoms with E-state index in [0.717, 1.165) is 0 Å². The average Bonchev–Trinajstić information content (AvgIpc) is 3.02. The zero-order chi connectivity index (χ0) is 14.7. The van der Waals surface area contributed by atoms with Gasteiger partial charge in [-0.25, -0.2) is 9.67 Å². The first-order valence-corrected chi connectivity index (χ1v) is 6.86. The number of amides is 1. The van der Waals surface area contributed by atoms with Crippen molar-refractivity contribution in [2.24, 2.45) is 0 Å². The maximum absolute atomic E-state index is 12.2. The lowest BCUT2D eigenvalue weighted by Gasteiger charge is -2.29.